The van der Waals surface area contributed by atoms with Crippen LogP contribution in [0.5, 0.6) is 0 Å². The molecule has 4 nitrogen and oxygen atoms in total. The number of rotatable bonds is 5. The zero-order valence-electron chi connectivity index (χ0n) is 14.0. The molecule has 0 aliphatic carbocycles. The van der Waals surface area contributed by atoms with Gasteiger partial charge in [0.15, 0.2) is 0 Å². The zero-order chi connectivity index (χ0) is 17.8. The van der Waals surface area contributed by atoms with Crippen molar-refractivity contribution in [1.29, 1.82) is 0 Å². The van der Waals surface area contributed by atoms with Crippen LogP contribution in [0.1, 0.15) is 30.6 Å². The molecule has 0 fully saturated rings. The van der Waals surface area contributed by atoms with Crippen molar-refractivity contribution in [3.8, 4) is 0 Å². The number of hydrogen-bond acceptors (Lipinski definition) is 4. The van der Waals surface area contributed by atoms with Gasteiger partial charge in [-0.3, -0.25) is 4.79 Å². The predicted molar refractivity (Wildman–Crippen MR) is 104 cm³/mol. The predicted octanol–water partition coefficient (Wildman–Crippen LogP) is 4.98. The highest BCUT2D eigenvalue weighted by molar-refractivity contribution is 7.16. The summed E-state index contributed by atoms with van der Waals surface area (Å²) in [6.07, 6.45) is 0. The summed E-state index contributed by atoms with van der Waals surface area (Å²) in [6.45, 7) is 4.43. The second kappa shape index (κ2) is 7.63. The van der Waals surface area contributed by atoms with Crippen LogP contribution in [0.3, 0.4) is 0 Å². The van der Waals surface area contributed by atoms with Crippen LogP contribution in [0, 0.1) is 13.8 Å². The summed E-state index contributed by atoms with van der Waals surface area (Å²) < 4.78 is 0. The van der Waals surface area contributed by atoms with Gasteiger partial charge in [-0.15, -0.1) is 22.7 Å². The first-order chi connectivity index (χ1) is 12.0. The van der Waals surface area contributed by atoms with E-state index < -0.39 is 0 Å². The van der Waals surface area contributed by atoms with Gasteiger partial charge in [-0.1, -0.05) is 12.1 Å². The molecule has 0 radical (unpaired) electrons. The topological polar surface area (TPSA) is 58.2 Å². The summed E-state index contributed by atoms with van der Waals surface area (Å²) >= 11 is 2.84. The third-order valence-corrected chi connectivity index (χ3v) is 5.77. The Balaban J connectivity index is 1.55. The molecule has 2 amide bonds. The lowest BCUT2D eigenvalue weighted by Crippen LogP contribution is -2.27. The van der Waals surface area contributed by atoms with Gasteiger partial charge in [-0.2, -0.15) is 0 Å². The maximum Gasteiger partial charge on any atom is 0.319 e. The van der Waals surface area contributed by atoms with E-state index in [-0.39, 0.29) is 11.8 Å². The summed E-state index contributed by atoms with van der Waals surface area (Å²) in [5.41, 5.74) is 3.08. The van der Waals surface area contributed by atoms with E-state index in [2.05, 4.69) is 10.6 Å². The monoisotopic (exact) mass is 370 g/mol. The molecule has 3 rings (SSSR count). The fraction of sp³-hybridized carbons (Fsp3) is 0.158. The van der Waals surface area contributed by atoms with Crippen LogP contribution < -0.4 is 10.6 Å². The first-order valence-corrected chi connectivity index (χ1v) is 9.51. The Kier molecular flexibility index (Phi) is 5.31. The van der Waals surface area contributed by atoms with Gasteiger partial charge in [-0.05, 0) is 60.7 Å². The Morgan fingerprint density at radius 1 is 1.00 bits per heavy atom. The van der Waals surface area contributed by atoms with E-state index in [1.165, 1.54) is 28.2 Å². The largest absolute Gasteiger partial charge is 0.333 e. The van der Waals surface area contributed by atoms with Crippen LogP contribution in [0.4, 0.5) is 10.5 Å². The molecule has 2 aromatic heterocycles. The molecule has 0 saturated carbocycles. The molecule has 2 N–H and O–H groups in total. The number of anilines is 1. The minimum atomic E-state index is -0.261. The van der Waals surface area contributed by atoms with Crippen LogP contribution in [-0.4, -0.2) is 11.8 Å². The van der Waals surface area contributed by atoms with Crippen molar-refractivity contribution < 1.29 is 9.59 Å². The highest BCUT2D eigenvalue weighted by Crippen LogP contribution is 2.22. The van der Waals surface area contributed by atoms with Crippen LogP contribution in [0.15, 0.2) is 47.8 Å². The number of carbonyl (C=O) groups excluding carboxylic acids is 2. The first kappa shape index (κ1) is 17.4. The van der Waals surface area contributed by atoms with E-state index in [0.717, 1.165) is 21.0 Å². The maximum atomic E-state index is 12.3. The minimum absolute atomic E-state index is 0.0332. The van der Waals surface area contributed by atoms with E-state index in [9.17, 15) is 9.59 Å². The molecule has 0 spiro atoms. The molecular weight excluding hydrogens is 352 g/mol. The van der Waals surface area contributed by atoms with Crippen molar-refractivity contribution in [3.63, 3.8) is 0 Å². The molecule has 25 heavy (non-hydrogen) atoms. The molecule has 0 aliphatic rings. The number of urea groups is 1. The fourth-order valence-electron chi connectivity index (χ4n) is 2.29. The van der Waals surface area contributed by atoms with Gasteiger partial charge >= 0.3 is 6.03 Å². The Labute approximate surface area is 154 Å². The number of thiophene rings is 2. The quantitative estimate of drug-likeness (QED) is 0.622. The van der Waals surface area contributed by atoms with E-state index in [4.69, 9.17) is 0 Å². The van der Waals surface area contributed by atoms with Gasteiger partial charge in [0.1, 0.15) is 0 Å². The van der Waals surface area contributed by atoms with Crippen molar-refractivity contribution in [2.24, 2.45) is 0 Å². The smallest absolute Gasteiger partial charge is 0.319 e. The fourth-order valence-corrected chi connectivity index (χ4v) is 3.93. The summed E-state index contributed by atoms with van der Waals surface area (Å²) in [7, 11) is 0. The number of hydrogen-bond donors (Lipinski definition) is 2. The SMILES string of the molecule is Cc1ccc(NC(=O)NCc2ccc(C(=O)c3cccs3)s2)cc1C. The number of ketones is 1. The lowest BCUT2D eigenvalue weighted by Gasteiger charge is -2.08. The minimum Gasteiger partial charge on any atom is -0.333 e. The Morgan fingerprint density at radius 2 is 1.84 bits per heavy atom. The first-order valence-electron chi connectivity index (χ1n) is 7.82. The molecule has 0 bridgehead atoms. The van der Waals surface area contributed by atoms with Gasteiger partial charge < -0.3 is 10.6 Å². The lowest BCUT2D eigenvalue weighted by molar-refractivity contribution is 0.104. The van der Waals surface area contributed by atoms with Crippen molar-refractivity contribution in [1.82, 2.24) is 5.32 Å². The van der Waals surface area contributed by atoms with Gasteiger partial charge in [0.25, 0.3) is 0 Å². The van der Waals surface area contributed by atoms with Crippen molar-refractivity contribution in [2.45, 2.75) is 20.4 Å². The standard InChI is InChI=1S/C19H18N2O2S2/c1-12-5-6-14(10-13(12)2)21-19(23)20-11-15-7-8-17(25-15)18(22)16-4-3-9-24-16/h3-10H,11H2,1-2H3,(H2,20,21,23). The molecule has 2 heterocycles. The van der Waals surface area contributed by atoms with E-state index in [1.54, 1.807) is 0 Å². The molecule has 0 aliphatic heterocycles. The van der Waals surface area contributed by atoms with E-state index >= 15 is 0 Å². The Bertz CT molecular complexity index is 898. The van der Waals surface area contributed by atoms with Gasteiger partial charge in [0.05, 0.1) is 16.3 Å². The number of nitrogens with one attached hydrogen (secondary N) is 2. The van der Waals surface area contributed by atoms with Crippen molar-refractivity contribution >= 4 is 40.2 Å². The number of benzene rings is 1. The summed E-state index contributed by atoms with van der Waals surface area (Å²) in [6, 6.07) is 12.9. The molecule has 0 unspecified atom stereocenters. The third-order valence-electron chi connectivity index (χ3n) is 3.82. The average Bonchev–Trinajstić information content (AvgIpc) is 3.27. The summed E-state index contributed by atoms with van der Waals surface area (Å²) in [4.78, 5) is 26.7. The Hall–Kier alpha value is -2.44. The highest BCUT2D eigenvalue weighted by atomic mass is 32.1. The molecular formula is C19H18N2O2S2. The molecule has 0 saturated heterocycles. The van der Waals surface area contributed by atoms with E-state index in [0.29, 0.717) is 11.4 Å². The normalized spacial score (nSPS) is 10.5. The number of carbonyl (C=O) groups is 2. The average molecular weight is 370 g/mol. The highest BCUT2D eigenvalue weighted by Gasteiger charge is 2.13. The summed E-state index contributed by atoms with van der Waals surface area (Å²) in [5, 5.41) is 7.53. The molecule has 6 heteroatoms. The van der Waals surface area contributed by atoms with Gasteiger partial charge in [0, 0.05) is 10.6 Å². The third kappa shape index (κ3) is 4.35. The van der Waals surface area contributed by atoms with E-state index in [1.807, 2.05) is 61.7 Å². The molecule has 3 aromatic rings. The van der Waals surface area contributed by atoms with Gasteiger partial charge in [-0.25, -0.2) is 4.79 Å². The number of amides is 2. The van der Waals surface area contributed by atoms with Crippen LogP contribution in [-0.2, 0) is 6.54 Å². The van der Waals surface area contributed by atoms with Gasteiger partial charge in [0.2, 0.25) is 5.78 Å². The number of aryl methyl sites for hydroxylation is 2. The molecule has 0 atom stereocenters. The second-order valence-corrected chi connectivity index (χ2v) is 7.80. The molecule has 1 aromatic carbocycles. The van der Waals surface area contributed by atoms with Crippen molar-refractivity contribution in [3.05, 3.63) is 73.6 Å². The van der Waals surface area contributed by atoms with Crippen LogP contribution in [0.25, 0.3) is 0 Å². The van der Waals surface area contributed by atoms with Crippen LogP contribution >= 0.6 is 22.7 Å². The maximum absolute atomic E-state index is 12.3. The lowest BCUT2D eigenvalue weighted by atomic mass is 10.1. The van der Waals surface area contributed by atoms with Crippen molar-refractivity contribution in [2.75, 3.05) is 5.32 Å². The molecule has 128 valence electrons. The summed E-state index contributed by atoms with van der Waals surface area (Å²) in [5.74, 6) is 0.0332. The second-order valence-electron chi connectivity index (χ2n) is 5.68. The Morgan fingerprint density at radius 3 is 2.56 bits per heavy atom. The zero-order valence-corrected chi connectivity index (χ0v) is 15.6. The van der Waals surface area contributed by atoms with Crippen LogP contribution in [0.2, 0.25) is 0 Å².